The van der Waals surface area contributed by atoms with E-state index >= 15 is 0 Å². The first-order chi connectivity index (χ1) is 13.5. The molecule has 6 nitrogen and oxygen atoms in total. The van der Waals surface area contributed by atoms with Crippen LogP contribution in [0.3, 0.4) is 0 Å². The first-order valence-electron chi connectivity index (χ1n) is 8.48. The van der Waals surface area contributed by atoms with Crippen LogP contribution in [0.1, 0.15) is 6.92 Å². The number of carboxylic acid groups (broad SMARTS) is 1. The van der Waals surface area contributed by atoms with Crippen LogP contribution in [0.15, 0.2) is 47.8 Å². The van der Waals surface area contributed by atoms with Crippen molar-refractivity contribution in [2.45, 2.75) is 13.0 Å². The SMILES string of the molecule is CC(C(=O)O)N1C(=O)COc2ccc(-c3csc(-c4ccccc4Cl)n3)cc21. The smallest absolute Gasteiger partial charge is 0.326 e. The lowest BCUT2D eigenvalue weighted by Crippen LogP contribution is -2.48. The molecule has 4 rings (SSSR count). The van der Waals surface area contributed by atoms with E-state index in [0.717, 1.165) is 16.1 Å². The van der Waals surface area contributed by atoms with Gasteiger partial charge in [0.2, 0.25) is 0 Å². The summed E-state index contributed by atoms with van der Waals surface area (Å²) in [5.41, 5.74) is 2.74. The molecule has 8 heteroatoms. The fourth-order valence-corrected chi connectivity index (χ4v) is 4.18. The van der Waals surface area contributed by atoms with Gasteiger partial charge in [0.25, 0.3) is 5.91 Å². The van der Waals surface area contributed by atoms with Crippen LogP contribution in [0.5, 0.6) is 5.75 Å². The van der Waals surface area contributed by atoms with Crippen LogP contribution >= 0.6 is 22.9 Å². The van der Waals surface area contributed by atoms with Gasteiger partial charge in [-0.15, -0.1) is 11.3 Å². The van der Waals surface area contributed by atoms with Gasteiger partial charge in [0, 0.05) is 16.5 Å². The van der Waals surface area contributed by atoms with Crippen LogP contribution < -0.4 is 9.64 Å². The molecule has 1 N–H and O–H groups in total. The van der Waals surface area contributed by atoms with Gasteiger partial charge in [0.15, 0.2) is 6.61 Å². The highest BCUT2D eigenvalue weighted by Crippen LogP contribution is 2.39. The van der Waals surface area contributed by atoms with Crippen molar-refractivity contribution in [2.24, 2.45) is 0 Å². The van der Waals surface area contributed by atoms with Crippen molar-refractivity contribution in [1.82, 2.24) is 4.98 Å². The van der Waals surface area contributed by atoms with Gasteiger partial charge in [-0.05, 0) is 31.2 Å². The van der Waals surface area contributed by atoms with E-state index < -0.39 is 17.9 Å². The number of carbonyl (C=O) groups is 2. The Hall–Kier alpha value is -2.90. The van der Waals surface area contributed by atoms with Crippen LogP contribution in [0.2, 0.25) is 5.02 Å². The zero-order valence-corrected chi connectivity index (χ0v) is 16.3. The number of carbonyl (C=O) groups excluding carboxylic acids is 1. The van der Waals surface area contributed by atoms with Crippen molar-refractivity contribution in [3.05, 3.63) is 52.9 Å². The fourth-order valence-electron chi connectivity index (χ4n) is 3.03. The third-order valence-corrected chi connectivity index (χ3v) is 5.69. The number of fused-ring (bicyclic) bond motifs is 1. The minimum atomic E-state index is -1.08. The first kappa shape index (κ1) is 18.5. The Morgan fingerprint density at radius 3 is 2.86 bits per heavy atom. The van der Waals surface area contributed by atoms with Gasteiger partial charge in [0.05, 0.1) is 16.4 Å². The van der Waals surface area contributed by atoms with E-state index in [1.807, 2.05) is 35.7 Å². The van der Waals surface area contributed by atoms with E-state index in [9.17, 15) is 14.7 Å². The number of carboxylic acids is 1. The number of hydrogen-bond donors (Lipinski definition) is 1. The third-order valence-electron chi connectivity index (χ3n) is 4.49. The highest BCUT2D eigenvalue weighted by atomic mass is 35.5. The van der Waals surface area contributed by atoms with Crippen LogP contribution in [-0.2, 0) is 9.59 Å². The van der Waals surface area contributed by atoms with Gasteiger partial charge in [-0.2, -0.15) is 0 Å². The van der Waals surface area contributed by atoms with Crippen LogP contribution in [-0.4, -0.2) is 34.6 Å². The summed E-state index contributed by atoms with van der Waals surface area (Å²) in [6.07, 6.45) is 0. The number of aliphatic carboxylic acids is 1. The van der Waals surface area contributed by atoms with E-state index in [0.29, 0.717) is 22.2 Å². The number of thiazole rings is 1. The Morgan fingerprint density at radius 2 is 2.11 bits per heavy atom. The maximum atomic E-state index is 12.3. The highest BCUT2D eigenvalue weighted by Gasteiger charge is 2.33. The molecule has 1 aromatic heterocycles. The molecule has 3 aromatic rings. The molecular formula is C20H15ClN2O4S. The summed E-state index contributed by atoms with van der Waals surface area (Å²) in [6.45, 7) is 1.29. The topological polar surface area (TPSA) is 79.7 Å². The number of benzene rings is 2. The maximum absolute atomic E-state index is 12.3. The molecule has 2 aromatic carbocycles. The van der Waals surface area contributed by atoms with E-state index in [4.69, 9.17) is 16.3 Å². The molecule has 142 valence electrons. The summed E-state index contributed by atoms with van der Waals surface area (Å²) in [5, 5.41) is 12.7. The van der Waals surface area contributed by atoms with Crippen molar-refractivity contribution in [2.75, 3.05) is 11.5 Å². The van der Waals surface area contributed by atoms with Crippen molar-refractivity contribution in [3.8, 4) is 27.6 Å². The Morgan fingerprint density at radius 1 is 1.32 bits per heavy atom. The summed E-state index contributed by atoms with van der Waals surface area (Å²) >= 11 is 7.72. The van der Waals surface area contributed by atoms with Crippen molar-refractivity contribution in [3.63, 3.8) is 0 Å². The average Bonchev–Trinajstić information content (AvgIpc) is 3.17. The Kier molecular flexibility index (Phi) is 4.78. The molecule has 1 atom stereocenters. The molecule has 0 aliphatic carbocycles. The normalized spacial score (nSPS) is 14.4. The number of halogens is 1. The monoisotopic (exact) mass is 414 g/mol. The average molecular weight is 415 g/mol. The van der Waals surface area contributed by atoms with Crippen molar-refractivity contribution in [1.29, 1.82) is 0 Å². The Bertz CT molecular complexity index is 1080. The van der Waals surface area contributed by atoms with E-state index in [-0.39, 0.29) is 6.61 Å². The van der Waals surface area contributed by atoms with Crippen molar-refractivity contribution >= 4 is 40.5 Å². The van der Waals surface area contributed by atoms with Crippen LogP contribution in [0.25, 0.3) is 21.8 Å². The molecule has 0 spiro atoms. The molecule has 0 radical (unpaired) electrons. The first-order valence-corrected chi connectivity index (χ1v) is 9.74. The second-order valence-corrected chi connectivity index (χ2v) is 7.53. The van der Waals surface area contributed by atoms with E-state index in [1.54, 1.807) is 12.1 Å². The van der Waals surface area contributed by atoms with E-state index in [2.05, 4.69) is 4.98 Å². The minimum absolute atomic E-state index is 0.183. The zero-order chi connectivity index (χ0) is 19.8. The molecule has 0 saturated carbocycles. The fraction of sp³-hybridized carbons (Fsp3) is 0.150. The standard InChI is InChI=1S/C20H15ClN2O4S/c1-11(20(25)26)23-16-8-12(6-7-17(16)27-9-18(23)24)15-10-28-19(22-15)13-4-2-3-5-14(13)21/h2-8,10-11H,9H2,1H3,(H,25,26). The van der Waals surface area contributed by atoms with Gasteiger partial charge in [-0.25, -0.2) is 9.78 Å². The molecule has 28 heavy (non-hydrogen) atoms. The predicted octanol–water partition coefficient (Wildman–Crippen LogP) is 4.33. The molecule has 1 aliphatic heterocycles. The van der Waals surface area contributed by atoms with Crippen molar-refractivity contribution < 1.29 is 19.4 Å². The molecule has 2 heterocycles. The molecule has 1 amide bonds. The highest BCUT2D eigenvalue weighted by molar-refractivity contribution is 7.13. The van der Waals surface area contributed by atoms with Crippen LogP contribution in [0, 0.1) is 0 Å². The molecule has 0 bridgehead atoms. The summed E-state index contributed by atoms with van der Waals surface area (Å²) in [7, 11) is 0. The summed E-state index contributed by atoms with van der Waals surface area (Å²) in [6, 6.07) is 11.8. The molecule has 0 fully saturated rings. The number of amides is 1. The van der Waals surface area contributed by atoms with Gasteiger partial charge in [-0.1, -0.05) is 29.8 Å². The zero-order valence-electron chi connectivity index (χ0n) is 14.8. The maximum Gasteiger partial charge on any atom is 0.326 e. The minimum Gasteiger partial charge on any atom is -0.482 e. The Labute approximate surface area is 170 Å². The lowest BCUT2D eigenvalue weighted by Gasteiger charge is -2.32. The molecule has 1 aliphatic rings. The lowest BCUT2D eigenvalue weighted by atomic mass is 10.1. The summed E-state index contributed by atoms with van der Waals surface area (Å²) in [4.78, 5) is 29.6. The molecular weight excluding hydrogens is 400 g/mol. The van der Waals surface area contributed by atoms with Gasteiger partial charge >= 0.3 is 5.97 Å². The largest absolute Gasteiger partial charge is 0.482 e. The second kappa shape index (κ2) is 7.26. The van der Waals surface area contributed by atoms with Gasteiger partial charge < -0.3 is 9.84 Å². The summed E-state index contributed by atoms with van der Waals surface area (Å²) in [5.74, 6) is -1.01. The second-order valence-electron chi connectivity index (χ2n) is 6.27. The number of nitrogens with zero attached hydrogens (tertiary/aromatic N) is 2. The van der Waals surface area contributed by atoms with Crippen LogP contribution in [0.4, 0.5) is 5.69 Å². The van der Waals surface area contributed by atoms with Gasteiger partial charge in [0.1, 0.15) is 16.8 Å². The number of ether oxygens (including phenoxy) is 1. The molecule has 0 saturated heterocycles. The summed E-state index contributed by atoms with van der Waals surface area (Å²) < 4.78 is 5.46. The lowest BCUT2D eigenvalue weighted by molar-refractivity contribution is -0.140. The van der Waals surface area contributed by atoms with Gasteiger partial charge in [-0.3, -0.25) is 9.69 Å². The van der Waals surface area contributed by atoms with E-state index in [1.165, 1.54) is 23.2 Å². The number of rotatable bonds is 4. The Balaban J connectivity index is 1.74. The number of aromatic nitrogens is 1. The molecule has 1 unspecified atom stereocenters. The quantitative estimate of drug-likeness (QED) is 0.687. The third kappa shape index (κ3) is 3.23. The number of hydrogen-bond acceptors (Lipinski definition) is 5. The predicted molar refractivity (Wildman–Crippen MR) is 108 cm³/mol. The number of anilines is 1.